The van der Waals surface area contributed by atoms with Gasteiger partial charge < -0.3 is 4.74 Å². The van der Waals surface area contributed by atoms with Gasteiger partial charge in [0.25, 0.3) is 0 Å². The number of ketones is 1. The van der Waals surface area contributed by atoms with Crippen molar-refractivity contribution in [2.45, 2.75) is 6.42 Å². The monoisotopic (exact) mass is 296 g/mol. The number of methoxy groups -OCH3 is 1. The molecule has 0 aliphatic rings. The third-order valence-corrected chi connectivity index (χ3v) is 3.02. The molecule has 0 heterocycles. The van der Waals surface area contributed by atoms with Gasteiger partial charge in [-0.2, -0.15) is 0 Å². The molecule has 104 valence electrons. The highest BCUT2D eigenvalue weighted by molar-refractivity contribution is 6.30. The van der Waals surface area contributed by atoms with Gasteiger partial charge >= 0.3 is 0 Å². The van der Waals surface area contributed by atoms with Crippen molar-refractivity contribution in [2.75, 3.05) is 7.11 Å². The minimum absolute atomic E-state index is 0.0271. The van der Waals surface area contributed by atoms with E-state index < -0.39 is 23.0 Å². The molecule has 0 saturated heterocycles. The lowest BCUT2D eigenvalue weighted by Gasteiger charge is -2.07. The molecular formula is C15H11ClF2O2. The van der Waals surface area contributed by atoms with E-state index in [-0.39, 0.29) is 12.2 Å². The second-order valence-corrected chi connectivity index (χ2v) is 4.63. The van der Waals surface area contributed by atoms with Crippen molar-refractivity contribution in [1.29, 1.82) is 0 Å². The lowest BCUT2D eigenvalue weighted by molar-refractivity contribution is 0.0985. The Kier molecular flexibility index (Phi) is 4.35. The van der Waals surface area contributed by atoms with E-state index in [1.165, 1.54) is 7.11 Å². The molecule has 0 aliphatic heterocycles. The fraction of sp³-hybridized carbons (Fsp3) is 0.133. The molecule has 20 heavy (non-hydrogen) atoms. The van der Waals surface area contributed by atoms with Gasteiger partial charge in [0.05, 0.1) is 12.7 Å². The number of carbonyl (C=O) groups excluding carboxylic acids is 1. The topological polar surface area (TPSA) is 26.3 Å². The third kappa shape index (κ3) is 3.14. The molecular weight excluding hydrogens is 286 g/mol. The first-order valence-corrected chi connectivity index (χ1v) is 6.19. The minimum Gasteiger partial charge on any atom is -0.497 e. The molecule has 2 aromatic rings. The zero-order valence-corrected chi connectivity index (χ0v) is 11.4. The number of Topliss-reactive ketones (excluding diaryl/α,β-unsaturated/α-hetero) is 1. The van der Waals surface area contributed by atoms with Crippen LogP contribution in [0.3, 0.4) is 0 Å². The zero-order chi connectivity index (χ0) is 14.7. The summed E-state index contributed by atoms with van der Waals surface area (Å²) >= 11 is 5.80. The van der Waals surface area contributed by atoms with Crippen molar-refractivity contribution in [3.8, 4) is 5.75 Å². The van der Waals surface area contributed by atoms with Crippen LogP contribution in [0.1, 0.15) is 15.9 Å². The van der Waals surface area contributed by atoms with Crippen LogP contribution in [0.5, 0.6) is 5.75 Å². The first kappa shape index (κ1) is 14.5. The predicted molar refractivity (Wildman–Crippen MR) is 72.4 cm³/mol. The first-order chi connectivity index (χ1) is 9.51. The molecule has 0 saturated carbocycles. The molecule has 0 spiro atoms. The molecule has 0 atom stereocenters. The number of carbonyl (C=O) groups is 1. The van der Waals surface area contributed by atoms with Crippen LogP contribution in [0.25, 0.3) is 0 Å². The van der Waals surface area contributed by atoms with Gasteiger partial charge in [-0.3, -0.25) is 4.79 Å². The van der Waals surface area contributed by atoms with Gasteiger partial charge in [-0.15, -0.1) is 0 Å². The highest BCUT2D eigenvalue weighted by atomic mass is 35.5. The molecule has 0 N–H and O–H groups in total. The molecule has 0 amide bonds. The van der Waals surface area contributed by atoms with Crippen LogP contribution in [0.2, 0.25) is 5.02 Å². The van der Waals surface area contributed by atoms with E-state index in [0.717, 1.165) is 12.1 Å². The fourth-order valence-corrected chi connectivity index (χ4v) is 2.07. The first-order valence-electron chi connectivity index (χ1n) is 5.82. The number of benzene rings is 2. The molecule has 0 aromatic heterocycles. The SMILES string of the molecule is COc1cc(F)c(C(=O)Cc2cccc(Cl)c2)c(F)c1. The van der Waals surface area contributed by atoms with E-state index in [9.17, 15) is 13.6 Å². The van der Waals surface area contributed by atoms with E-state index in [2.05, 4.69) is 0 Å². The van der Waals surface area contributed by atoms with Gasteiger partial charge in [-0.05, 0) is 17.7 Å². The van der Waals surface area contributed by atoms with Crippen LogP contribution in [-0.4, -0.2) is 12.9 Å². The Labute approximate surface area is 119 Å². The predicted octanol–water partition coefficient (Wildman–Crippen LogP) is 4.05. The quantitative estimate of drug-likeness (QED) is 0.796. The lowest BCUT2D eigenvalue weighted by atomic mass is 10.0. The number of hydrogen-bond donors (Lipinski definition) is 0. The summed E-state index contributed by atoms with van der Waals surface area (Å²) in [6.07, 6.45) is -0.124. The summed E-state index contributed by atoms with van der Waals surface area (Å²) in [4.78, 5) is 12.0. The van der Waals surface area contributed by atoms with E-state index in [1.54, 1.807) is 24.3 Å². The van der Waals surface area contributed by atoms with E-state index in [0.29, 0.717) is 10.6 Å². The number of rotatable bonds is 4. The van der Waals surface area contributed by atoms with Gasteiger partial charge in [0.1, 0.15) is 17.4 Å². The molecule has 0 bridgehead atoms. The maximum Gasteiger partial charge on any atom is 0.173 e. The molecule has 5 heteroatoms. The Morgan fingerprint density at radius 3 is 2.40 bits per heavy atom. The second kappa shape index (κ2) is 6.01. The third-order valence-electron chi connectivity index (χ3n) is 2.78. The number of halogens is 3. The van der Waals surface area contributed by atoms with Crippen molar-refractivity contribution >= 4 is 17.4 Å². The smallest absolute Gasteiger partial charge is 0.173 e. The Morgan fingerprint density at radius 1 is 1.20 bits per heavy atom. The number of hydrogen-bond acceptors (Lipinski definition) is 2. The summed E-state index contributed by atoms with van der Waals surface area (Å²) in [6, 6.07) is 8.54. The molecule has 0 aliphatic carbocycles. The molecule has 2 aromatic carbocycles. The Bertz CT molecular complexity index is 633. The zero-order valence-electron chi connectivity index (χ0n) is 10.6. The molecule has 2 nitrogen and oxygen atoms in total. The number of ether oxygens (including phenoxy) is 1. The van der Waals surface area contributed by atoms with E-state index >= 15 is 0 Å². The molecule has 0 fully saturated rings. The van der Waals surface area contributed by atoms with E-state index in [4.69, 9.17) is 16.3 Å². The van der Waals surface area contributed by atoms with Gasteiger partial charge in [0, 0.05) is 23.6 Å². The Hall–Kier alpha value is -1.94. The van der Waals surface area contributed by atoms with Crippen molar-refractivity contribution in [3.63, 3.8) is 0 Å². The van der Waals surface area contributed by atoms with Crippen molar-refractivity contribution < 1.29 is 18.3 Å². The van der Waals surface area contributed by atoms with Gasteiger partial charge in [0.2, 0.25) is 0 Å². The maximum absolute atomic E-state index is 13.8. The highest BCUT2D eigenvalue weighted by Crippen LogP contribution is 2.22. The molecule has 0 unspecified atom stereocenters. The largest absolute Gasteiger partial charge is 0.497 e. The summed E-state index contributed by atoms with van der Waals surface area (Å²) in [7, 11) is 1.29. The lowest BCUT2D eigenvalue weighted by Crippen LogP contribution is -2.09. The summed E-state index contributed by atoms with van der Waals surface area (Å²) in [6.45, 7) is 0. The van der Waals surface area contributed by atoms with Crippen LogP contribution in [0.15, 0.2) is 36.4 Å². The Balaban J connectivity index is 2.30. The van der Waals surface area contributed by atoms with Crippen LogP contribution in [0.4, 0.5) is 8.78 Å². The van der Waals surface area contributed by atoms with Crippen molar-refractivity contribution in [1.82, 2.24) is 0 Å². The van der Waals surface area contributed by atoms with Crippen molar-refractivity contribution in [3.05, 3.63) is 64.2 Å². The van der Waals surface area contributed by atoms with Crippen LogP contribution in [-0.2, 0) is 6.42 Å². The maximum atomic E-state index is 13.8. The average molecular weight is 297 g/mol. The molecule has 2 rings (SSSR count). The van der Waals surface area contributed by atoms with Crippen LogP contribution in [0, 0.1) is 11.6 Å². The summed E-state index contributed by atoms with van der Waals surface area (Å²) in [5.74, 6) is -2.49. The minimum atomic E-state index is -0.936. The Morgan fingerprint density at radius 2 is 1.85 bits per heavy atom. The molecule has 0 radical (unpaired) electrons. The second-order valence-electron chi connectivity index (χ2n) is 4.20. The summed E-state index contributed by atoms with van der Waals surface area (Å²) in [5, 5.41) is 0.464. The fourth-order valence-electron chi connectivity index (χ4n) is 1.85. The highest BCUT2D eigenvalue weighted by Gasteiger charge is 2.19. The van der Waals surface area contributed by atoms with Crippen molar-refractivity contribution in [2.24, 2.45) is 0 Å². The normalized spacial score (nSPS) is 10.4. The summed E-state index contributed by atoms with van der Waals surface area (Å²) in [5.41, 5.74) is 0.0305. The van der Waals surface area contributed by atoms with E-state index in [1.807, 2.05) is 0 Å². The average Bonchev–Trinajstić information content (AvgIpc) is 2.37. The summed E-state index contributed by atoms with van der Waals surface area (Å²) < 4.78 is 32.3. The van der Waals surface area contributed by atoms with Gasteiger partial charge in [0.15, 0.2) is 5.78 Å². The van der Waals surface area contributed by atoms with Gasteiger partial charge in [-0.25, -0.2) is 8.78 Å². The van der Waals surface area contributed by atoms with Crippen LogP contribution >= 0.6 is 11.6 Å². The van der Waals surface area contributed by atoms with Gasteiger partial charge in [-0.1, -0.05) is 23.7 Å². The standard InChI is InChI=1S/C15H11ClF2O2/c1-20-11-7-12(17)15(13(18)8-11)14(19)6-9-3-2-4-10(16)5-9/h2-5,7-8H,6H2,1H3. The van der Waals surface area contributed by atoms with Crippen LogP contribution < -0.4 is 4.74 Å².